The molecule has 0 saturated heterocycles. The van der Waals surface area contributed by atoms with E-state index in [1.54, 1.807) is 42.9 Å². The van der Waals surface area contributed by atoms with E-state index in [1.165, 1.54) is 35.0 Å². The zero-order chi connectivity index (χ0) is 28.7. The maximum Gasteiger partial charge on any atom is 0.295 e. The van der Waals surface area contributed by atoms with E-state index >= 15 is 0 Å². The van der Waals surface area contributed by atoms with E-state index in [4.69, 9.17) is 34.8 Å². The Morgan fingerprint density at radius 2 is 1.52 bits per heavy atom. The van der Waals surface area contributed by atoms with Crippen LogP contribution in [0.3, 0.4) is 0 Å². The molecular formula is C28H20Cl3N5O4. The van der Waals surface area contributed by atoms with Crippen molar-refractivity contribution in [1.29, 1.82) is 0 Å². The molecule has 40 heavy (non-hydrogen) atoms. The number of anilines is 3. The van der Waals surface area contributed by atoms with Crippen LogP contribution in [0.15, 0.2) is 88.3 Å². The van der Waals surface area contributed by atoms with Gasteiger partial charge in [0.05, 0.1) is 22.1 Å². The van der Waals surface area contributed by atoms with Gasteiger partial charge in [0.2, 0.25) is 0 Å². The highest BCUT2D eigenvalue weighted by atomic mass is 35.5. The number of imide groups is 1. The largest absolute Gasteiger partial charge is 0.350 e. The number of hydrogen-bond donors (Lipinski definition) is 2. The van der Waals surface area contributed by atoms with Crippen LogP contribution in [-0.2, 0) is 16.6 Å². The van der Waals surface area contributed by atoms with E-state index < -0.39 is 17.7 Å². The number of para-hydroxylation sites is 1. The van der Waals surface area contributed by atoms with Crippen molar-refractivity contribution in [1.82, 2.24) is 9.36 Å². The molecule has 3 amide bonds. The Labute approximate surface area is 243 Å². The summed E-state index contributed by atoms with van der Waals surface area (Å²) in [7, 11) is 1.73. The normalized spacial score (nSPS) is 13.3. The molecule has 12 heteroatoms. The molecule has 5 rings (SSSR count). The lowest BCUT2D eigenvalue weighted by Gasteiger charge is -2.16. The molecular weight excluding hydrogens is 577 g/mol. The number of rotatable bonds is 6. The van der Waals surface area contributed by atoms with E-state index in [1.807, 2.05) is 18.2 Å². The van der Waals surface area contributed by atoms with Crippen LogP contribution in [0.25, 0.3) is 5.69 Å². The topological polar surface area (TPSA) is 105 Å². The molecule has 9 nitrogen and oxygen atoms in total. The van der Waals surface area contributed by atoms with Crippen molar-refractivity contribution in [3.8, 4) is 5.69 Å². The Morgan fingerprint density at radius 3 is 2.17 bits per heavy atom. The second kappa shape index (κ2) is 10.7. The summed E-state index contributed by atoms with van der Waals surface area (Å²) >= 11 is 18.3. The Bertz CT molecular complexity index is 1780. The summed E-state index contributed by atoms with van der Waals surface area (Å²) in [5, 5.41) is 5.69. The first-order valence-corrected chi connectivity index (χ1v) is 13.0. The van der Waals surface area contributed by atoms with E-state index in [0.29, 0.717) is 22.1 Å². The van der Waals surface area contributed by atoms with Gasteiger partial charge in [-0.1, -0.05) is 53.0 Å². The third-order valence-electron chi connectivity index (χ3n) is 6.39. The van der Waals surface area contributed by atoms with Crippen molar-refractivity contribution in [3.05, 3.63) is 115 Å². The number of nitrogens with zero attached hydrogens (tertiary/aromatic N) is 3. The first-order chi connectivity index (χ1) is 19.1. The molecule has 0 bridgehead atoms. The molecule has 4 aromatic rings. The molecule has 2 N–H and O–H groups in total. The zero-order valence-corrected chi connectivity index (χ0v) is 23.3. The molecule has 1 aliphatic heterocycles. The predicted molar refractivity (Wildman–Crippen MR) is 156 cm³/mol. The van der Waals surface area contributed by atoms with Crippen LogP contribution in [0, 0.1) is 6.92 Å². The molecule has 0 unspecified atom stereocenters. The van der Waals surface area contributed by atoms with Gasteiger partial charge in [0, 0.05) is 23.3 Å². The predicted octanol–water partition coefficient (Wildman–Crippen LogP) is 5.48. The average molecular weight is 597 g/mol. The monoisotopic (exact) mass is 595 g/mol. The fourth-order valence-corrected chi connectivity index (χ4v) is 4.95. The summed E-state index contributed by atoms with van der Waals surface area (Å²) in [6.07, 6.45) is 0. The average Bonchev–Trinajstić information content (AvgIpc) is 3.28. The van der Waals surface area contributed by atoms with Gasteiger partial charge in [-0.05, 0) is 61.5 Å². The molecule has 0 saturated carbocycles. The number of aromatic nitrogens is 2. The minimum Gasteiger partial charge on any atom is -0.350 e. The van der Waals surface area contributed by atoms with Crippen molar-refractivity contribution >= 4 is 69.6 Å². The lowest BCUT2D eigenvalue weighted by atomic mass is 10.2. The van der Waals surface area contributed by atoms with Gasteiger partial charge in [-0.25, -0.2) is 9.58 Å². The molecule has 2 heterocycles. The smallest absolute Gasteiger partial charge is 0.295 e. The fourth-order valence-electron chi connectivity index (χ4n) is 4.24. The number of nitrogens with one attached hydrogen (secondary N) is 2. The van der Waals surface area contributed by atoms with Gasteiger partial charge in [-0.2, -0.15) is 0 Å². The summed E-state index contributed by atoms with van der Waals surface area (Å²) in [5.74, 6) is -1.94. The van der Waals surface area contributed by atoms with Crippen molar-refractivity contribution in [2.45, 2.75) is 6.92 Å². The Morgan fingerprint density at radius 1 is 0.850 bits per heavy atom. The van der Waals surface area contributed by atoms with Crippen molar-refractivity contribution < 1.29 is 14.4 Å². The molecule has 202 valence electrons. The van der Waals surface area contributed by atoms with E-state index in [9.17, 15) is 19.2 Å². The molecule has 0 atom stereocenters. The number of amides is 3. The molecule has 0 fully saturated rings. The fraction of sp³-hybridized carbons (Fsp3) is 0.0714. The van der Waals surface area contributed by atoms with E-state index in [-0.39, 0.29) is 38.2 Å². The van der Waals surface area contributed by atoms with E-state index in [2.05, 4.69) is 10.6 Å². The van der Waals surface area contributed by atoms with Crippen LogP contribution in [0.1, 0.15) is 16.1 Å². The third kappa shape index (κ3) is 4.79. The number of halogens is 3. The highest BCUT2D eigenvalue weighted by Gasteiger charge is 2.39. The SMILES string of the molecule is Cc1c(NC(=O)c2ccc(NC3=C(Cl)C(=O)N(c4ccc(Cl)cc4Cl)C3=O)cc2)c(=O)n(-c2ccccc2)n1C. The zero-order valence-electron chi connectivity index (χ0n) is 21.0. The molecule has 1 aliphatic rings. The Balaban J connectivity index is 1.33. The standard InChI is InChI=1S/C28H20Cl3N5O4/c1-15-23(28(40)36(34(15)2)19-6-4-3-5-7-19)33-25(37)16-8-11-18(12-9-16)32-24-22(31)26(38)35(27(24)39)21-13-10-17(29)14-20(21)30/h3-14,32H,1-2H3,(H,33,37). The molecule has 0 spiro atoms. The molecule has 3 aromatic carbocycles. The van der Waals surface area contributed by atoms with Gasteiger partial charge in [0.25, 0.3) is 23.3 Å². The van der Waals surface area contributed by atoms with Gasteiger partial charge in [-0.15, -0.1) is 0 Å². The van der Waals surface area contributed by atoms with Gasteiger partial charge in [-0.3, -0.25) is 23.9 Å². The van der Waals surface area contributed by atoms with Gasteiger partial charge >= 0.3 is 0 Å². The summed E-state index contributed by atoms with van der Waals surface area (Å²) in [6, 6.07) is 19.6. The Kier molecular flexibility index (Phi) is 7.29. The molecule has 0 radical (unpaired) electrons. The van der Waals surface area contributed by atoms with Crippen LogP contribution in [0.5, 0.6) is 0 Å². The highest BCUT2D eigenvalue weighted by Crippen LogP contribution is 2.35. The summed E-state index contributed by atoms with van der Waals surface area (Å²) in [6.45, 7) is 1.74. The third-order valence-corrected chi connectivity index (χ3v) is 7.28. The van der Waals surface area contributed by atoms with Crippen LogP contribution in [-0.4, -0.2) is 27.1 Å². The maximum absolute atomic E-state index is 13.1. The van der Waals surface area contributed by atoms with Crippen molar-refractivity contribution in [2.75, 3.05) is 15.5 Å². The summed E-state index contributed by atoms with van der Waals surface area (Å²) in [5.41, 5.74) is 1.71. The second-order valence-electron chi connectivity index (χ2n) is 8.82. The number of carbonyl (C=O) groups is 3. The van der Waals surface area contributed by atoms with Crippen LogP contribution < -0.4 is 21.1 Å². The summed E-state index contributed by atoms with van der Waals surface area (Å²) < 4.78 is 3.13. The Hall–Kier alpha value is -4.31. The highest BCUT2D eigenvalue weighted by molar-refractivity contribution is 6.54. The first-order valence-electron chi connectivity index (χ1n) is 11.8. The van der Waals surface area contributed by atoms with Crippen LogP contribution >= 0.6 is 34.8 Å². The molecule has 0 aliphatic carbocycles. The van der Waals surface area contributed by atoms with Crippen LogP contribution in [0.4, 0.5) is 17.1 Å². The summed E-state index contributed by atoms with van der Waals surface area (Å²) in [4.78, 5) is 52.7. The van der Waals surface area contributed by atoms with Crippen LogP contribution in [0.2, 0.25) is 10.0 Å². The van der Waals surface area contributed by atoms with Gasteiger partial charge in [0.15, 0.2) is 0 Å². The number of benzene rings is 3. The number of hydrogen-bond acceptors (Lipinski definition) is 5. The van der Waals surface area contributed by atoms with Crippen molar-refractivity contribution in [3.63, 3.8) is 0 Å². The van der Waals surface area contributed by atoms with Crippen molar-refractivity contribution in [2.24, 2.45) is 7.05 Å². The second-order valence-corrected chi connectivity index (χ2v) is 10.0. The van der Waals surface area contributed by atoms with E-state index in [0.717, 1.165) is 4.90 Å². The van der Waals surface area contributed by atoms with Gasteiger partial charge in [0.1, 0.15) is 16.4 Å². The first kappa shape index (κ1) is 27.3. The minimum absolute atomic E-state index is 0.111. The molecule has 1 aromatic heterocycles. The lowest BCUT2D eigenvalue weighted by molar-refractivity contribution is -0.120. The quantitative estimate of drug-likeness (QED) is 0.287. The van der Waals surface area contributed by atoms with Gasteiger partial charge < -0.3 is 10.6 Å². The minimum atomic E-state index is -0.742. The maximum atomic E-state index is 13.1. The lowest BCUT2D eigenvalue weighted by Crippen LogP contribution is -2.32. The number of carbonyl (C=O) groups excluding carboxylic acids is 3.